The summed E-state index contributed by atoms with van der Waals surface area (Å²) in [6, 6.07) is 16.3. The van der Waals surface area contributed by atoms with Crippen molar-refractivity contribution in [2.24, 2.45) is 0 Å². The first-order valence-electron chi connectivity index (χ1n) is 8.01. The van der Waals surface area contributed by atoms with Crippen molar-refractivity contribution >= 4 is 44.7 Å². The van der Waals surface area contributed by atoms with E-state index in [0.29, 0.717) is 0 Å². The zero-order chi connectivity index (χ0) is 17.1. The van der Waals surface area contributed by atoms with Crippen molar-refractivity contribution in [3.05, 3.63) is 59.3 Å². The highest BCUT2D eigenvalue weighted by molar-refractivity contribution is 7.13. The van der Waals surface area contributed by atoms with Crippen LogP contribution in [0, 0.1) is 0 Å². The molecule has 8 heteroatoms. The maximum atomic E-state index is 4.50. The number of hydrogen-bond donors (Lipinski definition) is 0. The molecule has 0 aliphatic heterocycles. The van der Waals surface area contributed by atoms with Gasteiger partial charge in [0.2, 0.25) is 0 Å². The van der Waals surface area contributed by atoms with Gasteiger partial charge in [0.05, 0.1) is 9.75 Å². The number of nitrogens with zero attached hydrogens (tertiary/aromatic N) is 6. The molecule has 6 nitrogen and oxygen atoms in total. The van der Waals surface area contributed by atoms with Gasteiger partial charge in [0.15, 0.2) is 22.9 Å². The van der Waals surface area contributed by atoms with Gasteiger partial charge in [0.1, 0.15) is 0 Å². The summed E-state index contributed by atoms with van der Waals surface area (Å²) in [6.45, 7) is 0. The molecule has 0 unspecified atom stereocenters. The first kappa shape index (κ1) is 14.1. The summed E-state index contributed by atoms with van der Waals surface area (Å²) >= 11 is 3.28. The lowest BCUT2D eigenvalue weighted by Gasteiger charge is -2.07. The summed E-state index contributed by atoms with van der Waals surface area (Å²) < 4.78 is 4.05. The van der Waals surface area contributed by atoms with Gasteiger partial charge in [-0.15, -0.1) is 43.1 Å². The first-order valence-corrected chi connectivity index (χ1v) is 9.77. The van der Waals surface area contributed by atoms with Crippen LogP contribution in [0.1, 0.15) is 0 Å². The molecule has 6 aromatic rings. The van der Waals surface area contributed by atoms with Gasteiger partial charge in [-0.3, -0.25) is 0 Å². The second-order valence-corrected chi connectivity index (χ2v) is 7.71. The van der Waals surface area contributed by atoms with Gasteiger partial charge in [-0.05, 0) is 22.9 Å². The summed E-state index contributed by atoms with van der Waals surface area (Å²) in [4.78, 5) is 2.11. The zero-order valence-electron chi connectivity index (χ0n) is 13.3. The van der Waals surface area contributed by atoms with Crippen molar-refractivity contribution in [2.75, 3.05) is 0 Å². The van der Waals surface area contributed by atoms with E-state index in [-0.39, 0.29) is 0 Å². The van der Waals surface area contributed by atoms with E-state index in [1.807, 2.05) is 44.1 Å². The average molecular weight is 374 g/mol. The van der Waals surface area contributed by atoms with Gasteiger partial charge < -0.3 is 0 Å². The van der Waals surface area contributed by atoms with Gasteiger partial charge in [-0.1, -0.05) is 36.4 Å². The minimum absolute atomic E-state index is 0.795. The molecule has 0 aliphatic carbocycles. The van der Waals surface area contributed by atoms with E-state index >= 15 is 0 Å². The van der Waals surface area contributed by atoms with E-state index in [9.17, 15) is 0 Å². The predicted octanol–water partition coefficient (Wildman–Crippen LogP) is 4.38. The van der Waals surface area contributed by atoms with E-state index in [0.717, 1.165) is 43.5 Å². The van der Waals surface area contributed by atoms with E-state index in [1.54, 1.807) is 22.7 Å². The SMILES string of the molecule is c1csc(-c2nnc3c4ccccc4c4nnc(-c5cccs5)n4n23)c1. The summed E-state index contributed by atoms with van der Waals surface area (Å²) in [7, 11) is 0. The Balaban J connectivity index is 1.89. The van der Waals surface area contributed by atoms with Gasteiger partial charge in [-0.25, -0.2) is 9.03 Å². The molecule has 124 valence electrons. The standard InChI is InChI=1S/C18H10N6S2/c1-2-6-12-11(5-1)15-19-21-17(13-7-3-9-25-13)23(15)24-16(12)20-22-18(24)14-8-4-10-26-14/h1-10H. The van der Waals surface area contributed by atoms with Crippen molar-refractivity contribution < 1.29 is 0 Å². The van der Waals surface area contributed by atoms with Crippen molar-refractivity contribution in [3.63, 3.8) is 0 Å². The fourth-order valence-electron chi connectivity index (χ4n) is 3.27. The van der Waals surface area contributed by atoms with Crippen LogP contribution >= 0.6 is 22.7 Å². The topological polar surface area (TPSA) is 60.4 Å². The molecule has 0 saturated carbocycles. The maximum absolute atomic E-state index is 4.50. The highest BCUT2D eigenvalue weighted by Crippen LogP contribution is 2.32. The highest BCUT2D eigenvalue weighted by atomic mass is 32.1. The molecular weight excluding hydrogens is 364 g/mol. The van der Waals surface area contributed by atoms with Crippen molar-refractivity contribution in [1.82, 2.24) is 29.4 Å². The largest absolute Gasteiger partial charge is 0.204 e. The molecule has 0 aliphatic rings. The second kappa shape index (κ2) is 5.20. The Morgan fingerprint density at radius 1 is 0.577 bits per heavy atom. The Hall–Kier alpha value is -3.10. The van der Waals surface area contributed by atoms with Gasteiger partial charge >= 0.3 is 0 Å². The third-order valence-electron chi connectivity index (χ3n) is 4.37. The monoisotopic (exact) mass is 374 g/mol. The molecule has 5 heterocycles. The third-order valence-corrected chi connectivity index (χ3v) is 6.10. The number of aromatic nitrogens is 6. The second-order valence-electron chi connectivity index (χ2n) is 5.82. The van der Waals surface area contributed by atoms with E-state index < -0.39 is 0 Å². The fraction of sp³-hybridized carbons (Fsp3) is 0. The smallest absolute Gasteiger partial charge is 0.193 e. The quantitative estimate of drug-likeness (QED) is 0.451. The molecule has 1 aromatic carbocycles. The minimum atomic E-state index is 0.795. The molecular formula is C18H10N6S2. The third kappa shape index (κ3) is 1.80. The lowest BCUT2D eigenvalue weighted by atomic mass is 10.2. The van der Waals surface area contributed by atoms with Crippen LogP contribution in [0.5, 0.6) is 0 Å². The van der Waals surface area contributed by atoms with Gasteiger partial charge in [-0.2, -0.15) is 0 Å². The number of benzene rings is 1. The van der Waals surface area contributed by atoms with Crippen molar-refractivity contribution in [3.8, 4) is 21.4 Å². The first-order chi connectivity index (χ1) is 12.9. The van der Waals surface area contributed by atoms with Gasteiger partial charge in [0.25, 0.3) is 0 Å². The normalized spacial score (nSPS) is 11.8. The Morgan fingerprint density at radius 3 is 1.50 bits per heavy atom. The lowest BCUT2D eigenvalue weighted by molar-refractivity contribution is 0.868. The lowest BCUT2D eigenvalue weighted by Crippen LogP contribution is -2.04. The Bertz CT molecular complexity index is 1270. The number of fused-ring (bicyclic) bond motifs is 6. The zero-order valence-corrected chi connectivity index (χ0v) is 14.9. The molecule has 5 aromatic heterocycles. The Kier molecular flexibility index (Phi) is 2.82. The molecule has 0 saturated heterocycles. The molecule has 0 bridgehead atoms. The summed E-state index contributed by atoms with van der Waals surface area (Å²) in [5, 5.41) is 24.1. The molecule has 0 N–H and O–H groups in total. The molecule has 6 rings (SSSR count). The summed E-state index contributed by atoms with van der Waals surface area (Å²) in [5.41, 5.74) is 1.60. The molecule has 26 heavy (non-hydrogen) atoms. The number of hydrogen-bond acceptors (Lipinski definition) is 6. The van der Waals surface area contributed by atoms with Crippen LogP contribution in [0.25, 0.3) is 43.5 Å². The summed E-state index contributed by atoms with van der Waals surface area (Å²) in [6.07, 6.45) is 0. The molecule has 0 radical (unpaired) electrons. The fourth-order valence-corrected chi connectivity index (χ4v) is 4.65. The highest BCUT2D eigenvalue weighted by Gasteiger charge is 2.21. The van der Waals surface area contributed by atoms with E-state index in [1.165, 1.54) is 0 Å². The van der Waals surface area contributed by atoms with Crippen LogP contribution in [0.4, 0.5) is 0 Å². The molecule has 0 amide bonds. The molecule has 0 spiro atoms. The van der Waals surface area contributed by atoms with Crippen LogP contribution in [0.2, 0.25) is 0 Å². The average Bonchev–Trinajstić information content (AvgIpc) is 3.47. The van der Waals surface area contributed by atoms with Crippen LogP contribution in [-0.2, 0) is 0 Å². The van der Waals surface area contributed by atoms with Crippen LogP contribution in [-0.4, -0.2) is 29.4 Å². The molecule has 0 atom stereocenters. The summed E-state index contributed by atoms with van der Waals surface area (Å²) in [5.74, 6) is 1.59. The molecule has 0 fully saturated rings. The predicted molar refractivity (Wildman–Crippen MR) is 104 cm³/mol. The van der Waals surface area contributed by atoms with Crippen LogP contribution in [0.15, 0.2) is 59.3 Å². The van der Waals surface area contributed by atoms with E-state index in [2.05, 4.69) is 44.7 Å². The Labute approximate surface area is 155 Å². The van der Waals surface area contributed by atoms with Crippen LogP contribution in [0.3, 0.4) is 0 Å². The number of rotatable bonds is 2. The van der Waals surface area contributed by atoms with Crippen molar-refractivity contribution in [2.45, 2.75) is 0 Å². The Morgan fingerprint density at radius 2 is 1.08 bits per heavy atom. The van der Waals surface area contributed by atoms with E-state index in [4.69, 9.17) is 0 Å². The maximum Gasteiger partial charge on any atom is 0.193 e. The minimum Gasteiger partial charge on any atom is -0.204 e. The van der Waals surface area contributed by atoms with Gasteiger partial charge in [0, 0.05) is 10.8 Å². The van der Waals surface area contributed by atoms with Crippen molar-refractivity contribution in [1.29, 1.82) is 0 Å². The van der Waals surface area contributed by atoms with Crippen LogP contribution < -0.4 is 0 Å². The number of thiophene rings is 2.